The molecular formula is C17H22N2O2. The van der Waals surface area contributed by atoms with Gasteiger partial charge in [-0.1, -0.05) is 44.2 Å². The zero-order valence-corrected chi connectivity index (χ0v) is 12.6. The van der Waals surface area contributed by atoms with Crippen LogP contribution in [0.2, 0.25) is 0 Å². The number of hydrogen-bond acceptors (Lipinski definition) is 2. The zero-order chi connectivity index (χ0) is 15.0. The lowest BCUT2D eigenvalue weighted by Crippen LogP contribution is -2.65. The molecule has 0 bridgehead atoms. The molecule has 1 aliphatic heterocycles. The van der Waals surface area contributed by atoms with Gasteiger partial charge in [0.05, 0.1) is 0 Å². The summed E-state index contributed by atoms with van der Waals surface area (Å²) >= 11 is 0. The van der Waals surface area contributed by atoms with Crippen molar-refractivity contribution in [1.82, 2.24) is 10.2 Å². The minimum Gasteiger partial charge on any atom is -0.342 e. The Morgan fingerprint density at radius 2 is 1.86 bits per heavy atom. The average molecular weight is 286 g/mol. The van der Waals surface area contributed by atoms with Crippen LogP contribution < -0.4 is 5.32 Å². The van der Waals surface area contributed by atoms with Crippen molar-refractivity contribution >= 4 is 11.8 Å². The van der Waals surface area contributed by atoms with Crippen LogP contribution in [0.25, 0.3) is 0 Å². The van der Waals surface area contributed by atoms with E-state index in [4.69, 9.17) is 0 Å². The molecule has 2 amide bonds. The molecule has 0 radical (unpaired) electrons. The Balaban J connectivity index is 1.86. The molecule has 0 aromatic heterocycles. The van der Waals surface area contributed by atoms with E-state index < -0.39 is 0 Å². The SMILES string of the molecule is CC(C)C1C(=O)NC(C2CC2)C(=O)N1Cc1ccccc1. The fraction of sp³-hybridized carbons (Fsp3) is 0.529. The van der Waals surface area contributed by atoms with Crippen LogP contribution in [-0.4, -0.2) is 28.8 Å². The van der Waals surface area contributed by atoms with Gasteiger partial charge < -0.3 is 10.2 Å². The first-order valence-corrected chi connectivity index (χ1v) is 7.72. The van der Waals surface area contributed by atoms with Crippen LogP contribution in [-0.2, 0) is 16.1 Å². The van der Waals surface area contributed by atoms with Crippen LogP contribution in [0, 0.1) is 11.8 Å². The smallest absolute Gasteiger partial charge is 0.246 e. The fourth-order valence-corrected chi connectivity index (χ4v) is 3.13. The Kier molecular flexibility index (Phi) is 3.70. The van der Waals surface area contributed by atoms with Crippen molar-refractivity contribution < 1.29 is 9.59 Å². The monoisotopic (exact) mass is 286 g/mol. The van der Waals surface area contributed by atoms with E-state index >= 15 is 0 Å². The summed E-state index contributed by atoms with van der Waals surface area (Å²) in [6, 6.07) is 9.22. The highest BCUT2D eigenvalue weighted by molar-refractivity contribution is 5.97. The highest BCUT2D eigenvalue weighted by Crippen LogP contribution is 2.36. The second-order valence-corrected chi connectivity index (χ2v) is 6.46. The largest absolute Gasteiger partial charge is 0.342 e. The van der Waals surface area contributed by atoms with Crippen molar-refractivity contribution in [1.29, 1.82) is 0 Å². The molecule has 1 aliphatic carbocycles. The third-order valence-electron chi connectivity index (χ3n) is 4.37. The number of carbonyl (C=O) groups excluding carboxylic acids is 2. The van der Waals surface area contributed by atoms with Crippen LogP contribution in [0.3, 0.4) is 0 Å². The second kappa shape index (κ2) is 5.51. The highest BCUT2D eigenvalue weighted by Gasteiger charge is 2.47. The summed E-state index contributed by atoms with van der Waals surface area (Å²) in [4.78, 5) is 27.0. The first kappa shape index (κ1) is 14.1. The maximum absolute atomic E-state index is 12.8. The van der Waals surface area contributed by atoms with Gasteiger partial charge >= 0.3 is 0 Å². The summed E-state index contributed by atoms with van der Waals surface area (Å²) in [5.74, 6) is 0.530. The third-order valence-corrected chi connectivity index (χ3v) is 4.37. The summed E-state index contributed by atoms with van der Waals surface area (Å²) in [5, 5.41) is 2.95. The molecule has 4 heteroatoms. The predicted octanol–water partition coefficient (Wildman–Crippen LogP) is 1.95. The molecule has 4 nitrogen and oxygen atoms in total. The first-order chi connectivity index (χ1) is 10.1. The number of nitrogens with zero attached hydrogens (tertiary/aromatic N) is 1. The molecular weight excluding hydrogens is 264 g/mol. The molecule has 2 unspecified atom stereocenters. The van der Waals surface area contributed by atoms with E-state index in [1.54, 1.807) is 4.90 Å². The van der Waals surface area contributed by atoms with Gasteiger partial charge in [0.25, 0.3) is 0 Å². The minimum atomic E-state index is -0.368. The molecule has 112 valence electrons. The molecule has 1 saturated carbocycles. The second-order valence-electron chi connectivity index (χ2n) is 6.46. The van der Waals surface area contributed by atoms with Gasteiger partial charge in [0, 0.05) is 6.54 Å². The topological polar surface area (TPSA) is 49.4 Å². The lowest BCUT2D eigenvalue weighted by atomic mass is 9.95. The Morgan fingerprint density at radius 1 is 1.19 bits per heavy atom. The summed E-state index contributed by atoms with van der Waals surface area (Å²) in [6.07, 6.45) is 2.09. The molecule has 2 aliphatic rings. The number of hydrogen-bond donors (Lipinski definition) is 1. The predicted molar refractivity (Wildman–Crippen MR) is 80.3 cm³/mol. The number of rotatable bonds is 4. The van der Waals surface area contributed by atoms with Crippen molar-refractivity contribution in [2.24, 2.45) is 11.8 Å². The van der Waals surface area contributed by atoms with E-state index in [-0.39, 0.29) is 29.8 Å². The number of benzene rings is 1. The maximum Gasteiger partial charge on any atom is 0.246 e. The van der Waals surface area contributed by atoms with Gasteiger partial charge in [-0.15, -0.1) is 0 Å². The molecule has 2 fully saturated rings. The average Bonchev–Trinajstić information content (AvgIpc) is 3.27. The van der Waals surface area contributed by atoms with E-state index in [0.29, 0.717) is 12.5 Å². The number of amides is 2. The number of carbonyl (C=O) groups is 2. The van der Waals surface area contributed by atoms with Crippen LogP contribution in [0.15, 0.2) is 30.3 Å². The number of nitrogens with one attached hydrogen (secondary N) is 1. The van der Waals surface area contributed by atoms with Crippen LogP contribution in [0.1, 0.15) is 32.3 Å². The standard InChI is InChI=1S/C17H22N2O2/c1-11(2)15-16(20)18-14(13-8-9-13)17(21)19(15)10-12-6-4-3-5-7-12/h3-7,11,13-15H,8-10H2,1-2H3,(H,18,20). The normalized spacial score (nSPS) is 26.1. The number of piperazine rings is 1. The van der Waals surface area contributed by atoms with Crippen LogP contribution >= 0.6 is 0 Å². The van der Waals surface area contributed by atoms with Crippen LogP contribution in [0.5, 0.6) is 0 Å². The molecule has 1 aromatic carbocycles. The van der Waals surface area contributed by atoms with Crippen molar-refractivity contribution in [3.63, 3.8) is 0 Å². The van der Waals surface area contributed by atoms with Gasteiger partial charge in [-0.2, -0.15) is 0 Å². The Bertz CT molecular complexity index is 537. The first-order valence-electron chi connectivity index (χ1n) is 7.72. The van der Waals surface area contributed by atoms with Gasteiger partial charge in [-0.05, 0) is 30.2 Å². The third kappa shape index (κ3) is 2.80. The summed E-state index contributed by atoms with van der Waals surface area (Å²) < 4.78 is 0. The van der Waals surface area contributed by atoms with E-state index in [2.05, 4.69) is 5.32 Å². The van der Waals surface area contributed by atoms with Crippen molar-refractivity contribution in [3.8, 4) is 0 Å². The molecule has 1 heterocycles. The van der Waals surface area contributed by atoms with Crippen LogP contribution in [0.4, 0.5) is 0 Å². The lowest BCUT2D eigenvalue weighted by molar-refractivity contribution is -0.152. The Labute approximate surface area is 125 Å². The summed E-state index contributed by atoms with van der Waals surface area (Å²) in [6.45, 7) is 4.50. The Hall–Kier alpha value is -1.84. The Morgan fingerprint density at radius 3 is 2.43 bits per heavy atom. The van der Waals surface area contributed by atoms with Crippen molar-refractivity contribution in [3.05, 3.63) is 35.9 Å². The molecule has 0 spiro atoms. The van der Waals surface area contributed by atoms with Gasteiger partial charge in [-0.3, -0.25) is 9.59 Å². The maximum atomic E-state index is 12.8. The molecule has 1 saturated heterocycles. The van der Waals surface area contributed by atoms with Gasteiger partial charge in [-0.25, -0.2) is 0 Å². The van der Waals surface area contributed by atoms with Gasteiger partial charge in [0.15, 0.2) is 0 Å². The molecule has 1 aromatic rings. The quantitative estimate of drug-likeness (QED) is 0.919. The lowest BCUT2D eigenvalue weighted by Gasteiger charge is -2.41. The van der Waals surface area contributed by atoms with Gasteiger partial charge in [0.1, 0.15) is 12.1 Å². The zero-order valence-electron chi connectivity index (χ0n) is 12.6. The molecule has 21 heavy (non-hydrogen) atoms. The van der Waals surface area contributed by atoms with Crippen molar-refractivity contribution in [2.75, 3.05) is 0 Å². The van der Waals surface area contributed by atoms with E-state index in [1.807, 2.05) is 44.2 Å². The highest BCUT2D eigenvalue weighted by atomic mass is 16.2. The molecule has 2 atom stereocenters. The van der Waals surface area contributed by atoms with E-state index in [1.165, 1.54) is 0 Å². The van der Waals surface area contributed by atoms with E-state index in [9.17, 15) is 9.59 Å². The molecule has 3 rings (SSSR count). The minimum absolute atomic E-state index is 0.00238. The molecule has 1 N–H and O–H groups in total. The summed E-state index contributed by atoms with van der Waals surface area (Å²) in [5.41, 5.74) is 1.07. The van der Waals surface area contributed by atoms with E-state index in [0.717, 1.165) is 18.4 Å². The van der Waals surface area contributed by atoms with Gasteiger partial charge in [0.2, 0.25) is 11.8 Å². The fourth-order valence-electron chi connectivity index (χ4n) is 3.13. The summed E-state index contributed by atoms with van der Waals surface area (Å²) in [7, 11) is 0. The van der Waals surface area contributed by atoms with Crippen molar-refractivity contribution in [2.45, 2.75) is 45.3 Å².